The standard InChI is InChI=1S/C17H15FN2O2S/c1-8-11(7-10-5-3-4-6-12(10)18)9(2)20-16-13(8)14(19)15(23-16)17(21)22/h3-6H,7,19H2,1-2H3,(H,21,22). The number of aryl methyl sites for hydroxylation is 2. The van der Waals surface area contributed by atoms with Gasteiger partial charge in [0, 0.05) is 17.5 Å². The lowest BCUT2D eigenvalue weighted by Crippen LogP contribution is -2.02. The van der Waals surface area contributed by atoms with Crippen LogP contribution in [0.1, 0.15) is 32.1 Å². The zero-order valence-corrected chi connectivity index (χ0v) is 13.5. The minimum absolute atomic E-state index is 0.0954. The molecule has 3 aromatic rings. The zero-order chi connectivity index (χ0) is 16.7. The molecule has 0 aliphatic heterocycles. The monoisotopic (exact) mass is 330 g/mol. The summed E-state index contributed by atoms with van der Waals surface area (Å²) in [5, 5.41) is 9.88. The van der Waals surface area contributed by atoms with Gasteiger partial charge in [0.25, 0.3) is 0 Å². The van der Waals surface area contributed by atoms with E-state index >= 15 is 0 Å². The second-order valence-electron chi connectivity index (χ2n) is 5.40. The molecule has 1 aromatic carbocycles. The normalized spacial score (nSPS) is 11.1. The van der Waals surface area contributed by atoms with Crippen LogP contribution in [0.15, 0.2) is 24.3 Å². The molecule has 0 saturated carbocycles. The van der Waals surface area contributed by atoms with Crippen molar-refractivity contribution in [2.75, 3.05) is 5.73 Å². The molecule has 3 N–H and O–H groups in total. The number of carboxylic acid groups (broad SMARTS) is 1. The van der Waals surface area contributed by atoms with Crippen LogP contribution in [-0.2, 0) is 6.42 Å². The Morgan fingerprint density at radius 3 is 2.70 bits per heavy atom. The van der Waals surface area contributed by atoms with Crippen molar-refractivity contribution in [2.45, 2.75) is 20.3 Å². The lowest BCUT2D eigenvalue weighted by atomic mass is 9.97. The van der Waals surface area contributed by atoms with Crippen LogP contribution in [-0.4, -0.2) is 16.1 Å². The second-order valence-corrected chi connectivity index (χ2v) is 6.40. The molecule has 4 nitrogen and oxygen atoms in total. The molecule has 0 bridgehead atoms. The molecule has 2 heterocycles. The summed E-state index contributed by atoms with van der Waals surface area (Å²) in [5.74, 6) is -1.32. The molecule has 0 aliphatic carbocycles. The van der Waals surface area contributed by atoms with Crippen molar-refractivity contribution in [1.82, 2.24) is 4.98 Å². The molecule has 0 aliphatic rings. The Balaban J connectivity index is 2.20. The Bertz CT molecular complexity index is 934. The fraction of sp³-hybridized carbons (Fsp3) is 0.176. The highest BCUT2D eigenvalue weighted by atomic mass is 32.1. The van der Waals surface area contributed by atoms with Crippen LogP contribution >= 0.6 is 11.3 Å². The number of rotatable bonds is 3. The Kier molecular flexibility index (Phi) is 3.77. The van der Waals surface area contributed by atoms with E-state index in [1.165, 1.54) is 6.07 Å². The Morgan fingerprint density at radius 1 is 1.35 bits per heavy atom. The van der Waals surface area contributed by atoms with Crippen molar-refractivity contribution in [2.24, 2.45) is 0 Å². The van der Waals surface area contributed by atoms with E-state index in [-0.39, 0.29) is 16.4 Å². The number of hydrogen-bond donors (Lipinski definition) is 2. The minimum Gasteiger partial charge on any atom is -0.477 e. The van der Waals surface area contributed by atoms with Gasteiger partial charge in [-0.05, 0) is 36.6 Å². The van der Waals surface area contributed by atoms with Gasteiger partial charge in [-0.3, -0.25) is 0 Å². The fourth-order valence-electron chi connectivity index (χ4n) is 2.77. The van der Waals surface area contributed by atoms with Crippen molar-refractivity contribution < 1.29 is 14.3 Å². The van der Waals surface area contributed by atoms with Gasteiger partial charge < -0.3 is 10.8 Å². The van der Waals surface area contributed by atoms with Crippen molar-refractivity contribution in [3.8, 4) is 0 Å². The third-order valence-electron chi connectivity index (χ3n) is 3.98. The number of carboxylic acids is 1. The number of benzene rings is 1. The minimum atomic E-state index is -1.06. The predicted molar refractivity (Wildman–Crippen MR) is 89.7 cm³/mol. The molecule has 0 unspecified atom stereocenters. The molecule has 2 aromatic heterocycles. The number of anilines is 1. The predicted octanol–water partition coefficient (Wildman–Crippen LogP) is 3.92. The Morgan fingerprint density at radius 2 is 2.04 bits per heavy atom. The fourth-order valence-corrected chi connectivity index (χ4v) is 3.81. The molecule has 0 atom stereocenters. The van der Waals surface area contributed by atoms with Gasteiger partial charge in [-0.1, -0.05) is 18.2 Å². The quantitative estimate of drug-likeness (QED) is 0.763. The highest BCUT2D eigenvalue weighted by Gasteiger charge is 2.21. The molecule has 118 valence electrons. The lowest BCUT2D eigenvalue weighted by molar-refractivity contribution is 0.0703. The number of aromatic nitrogens is 1. The number of aromatic carboxylic acids is 1. The largest absolute Gasteiger partial charge is 0.477 e. The first-order chi connectivity index (χ1) is 10.9. The van der Waals surface area contributed by atoms with Crippen LogP contribution in [0.3, 0.4) is 0 Å². The summed E-state index contributed by atoms with van der Waals surface area (Å²) in [5.41, 5.74) is 9.31. The molecule has 0 spiro atoms. The van der Waals surface area contributed by atoms with Crippen LogP contribution < -0.4 is 5.73 Å². The number of nitrogens with zero attached hydrogens (tertiary/aromatic N) is 1. The highest BCUT2D eigenvalue weighted by molar-refractivity contribution is 7.21. The van der Waals surface area contributed by atoms with Crippen LogP contribution in [0.2, 0.25) is 0 Å². The zero-order valence-electron chi connectivity index (χ0n) is 12.7. The summed E-state index contributed by atoms with van der Waals surface area (Å²) in [6.45, 7) is 3.72. The lowest BCUT2D eigenvalue weighted by Gasteiger charge is -2.11. The maximum Gasteiger partial charge on any atom is 0.348 e. The van der Waals surface area contributed by atoms with Crippen LogP contribution in [0.4, 0.5) is 10.1 Å². The van der Waals surface area contributed by atoms with E-state index in [2.05, 4.69) is 4.98 Å². The SMILES string of the molecule is Cc1nc2sc(C(=O)O)c(N)c2c(C)c1Cc1ccccc1F. The van der Waals surface area contributed by atoms with Gasteiger partial charge in [-0.2, -0.15) is 0 Å². The number of nitrogens with two attached hydrogens (primary N) is 1. The molecule has 0 amide bonds. The van der Waals surface area contributed by atoms with Crippen molar-refractivity contribution in [3.63, 3.8) is 0 Å². The Labute approximate surface area is 136 Å². The molecule has 0 saturated heterocycles. The average molecular weight is 330 g/mol. The molecular formula is C17H15FN2O2S. The van der Waals surface area contributed by atoms with Gasteiger partial charge in [0.15, 0.2) is 0 Å². The van der Waals surface area contributed by atoms with Crippen molar-refractivity contribution in [1.29, 1.82) is 0 Å². The maximum atomic E-state index is 13.9. The molecule has 23 heavy (non-hydrogen) atoms. The van der Waals surface area contributed by atoms with Crippen LogP contribution in [0.5, 0.6) is 0 Å². The molecule has 6 heteroatoms. The van der Waals surface area contributed by atoms with Gasteiger partial charge in [-0.25, -0.2) is 14.2 Å². The van der Waals surface area contributed by atoms with Gasteiger partial charge in [0.2, 0.25) is 0 Å². The highest BCUT2D eigenvalue weighted by Crippen LogP contribution is 2.37. The first kappa shape index (κ1) is 15.4. The summed E-state index contributed by atoms with van der Waals surface area (Å²) in [4.78, 5) is 16.4. The number of fused-ring (bicyclic) bond motifs is 1. The average Bonchev–Trinajstić information content (AvgIpc) is 2.82. The molecule has 3 rings (SSSR count). The summed E-state index contributed by atoms with van der Waals surface area (Å²) in [6, 6.07) is 6.60. The van der Waals surface area contributed by atoms with Crippen LogP contribution in [0, 0.1) is 19.7 Å². The second kappa shape index (κ2) is 5.62. The maximum absolute atomic E-state index is 13.9. The van der Waals surface area contributed by atoms with Crippen LogP contribution in [0.25, 0.3) is 10.2 Å². The Hall–Kier alpha value is -2.47. The number of halogens is 1. The van der Waals surface area contributed by atoms with Crippen molar-refractivity contribution in [3.05, 3.63) is 57.3 Å². The number of nitrogen functional groups attached to an aromatic ring is 1. The molecule has 0 radical (unpaired) electrons. The molecular weight excluding hydrogens is 315 g/mol. The van der Waals surface area contributed by atoms with E-state index in [1.807, 2.05) is 13.8 Å². The first-order valence-electron chi connectivity index (χ1n) is 7.05. The number of carbonyl (C=O) groups is 1. The summed E-state index contributed by atoms with van der Waals surface area (Å²) < 4.78 is 13.9. The van der Waals surface area contributed by atoms with E-state index in [4.69, 9.17) is 5.73 Å². The summed E-state index contributed by atoms with van der Waals surface area (Å²) >= 11 is 1.07. The number of pyridine rings is 1. The number of thiophene rings is 1. The summed E-state index contributed by atoms with van der Waals surface area (Å²) in [7, 11) is 0. The smallest absolute Gasteiger partial charge is 0.348 e. The summed E-state index contributed by atoms with van der Waals surface area (Å²) in [6.07, 6.45) is 0.394. The topological polar surface area (TPSA) is 76.2 Å². The van der Waals surface area contributed by atoms with E-state index in [1.54, 1.807) is 18.2 Å². The van der Waals surface area contributed by atoms with E-state index in [0.29, 0.717) is 22.2 Å². The van der Waals surface area contributed by atoms with Crippen molar-refractivity contribution >= 4 is 33.2 Å². The van der Waals surface area contributed by atoms with Gasteiger partial charge in [-0.15, -0.1) is 11.3 Å². The first-order valence-corrected chi connectivity index (χ1v) is 7.86. The van der Waals surface area contributed by atoms with E-state index < -0.39 is 5.97 Å². The third kappa shape index (κ3) is 2.55. The van der Waals surface area contributed by atoms with Gasteiger partial charge in [0.05, 0.1) is 5.69 Å². The van der Waals surface area contributed by atoms with E-state index in [9.17, 15) is 14.3 Å². The third-order valence-corrected chi connectivity index (χ3v) is 5.07. The van der Waals surface area contributed by atoms with Gasteiger partial charge in [0.1, 0.15) is 15.5 Å². The molecule has 0 fully saturated rings. The van der Waals surface area contributed by atoms with Gasteiger partial charge >= 0.3 is 5.97 Å². The number of hydrogen-bond acceptors (Lipinski definition) is 4. The van der Waals surface area contributed by atoms with E-state index in [0.717, 1.165) is 28.2 Å².